The van der Waals surface area contributed by atoms with Gasteiger partial charge in [-0.3, -0.25) is 0 Å². The molecule has 0 amide bonds. The van der Waals surface area contributed by atoms with Gasteiger partial charge in [0.15, 0.2) is 11.5 Å². The van der Waals surface area contributed by atoms with Crippen LogP contribution >= 0.6 is 0 Å². The zero-order valence-electron chi connectivity index (χ0n) is 14.1. The molecule has 1 atom stereocenters. The number of rotatable bonds is 6. The molecule has 0 aliphatic carbocycles. The fraction of sp³-hybridized carbons (Fsp3) is 0.667. The number of nitrogens with zero attached hydrogens (tertiary/aromatic N) is 1. The van der Waals surface area contributed by atoms with Gasteiger partial charge in [-0.2, -0.15) is 0 Å². The van der Waals surface area contributed by atoms with Crippen LogP contribution in [-0.2, 0) is 6.42 Å². The molecule has 0 spiro atoms. The van der Waals surface area contributed by atoms with E-state index in [1.165, 1.54) is 12.0 Å². The van der Waals surface area contributed by atoms with Crippen LogP contribution in [0.25, 0.3) is 0 Å². The lowest BCUT2D eigenvalue weighted by Crippen LogP contribution is -2.44. The quantitative estimate of drug-likeness (QED) is 0.827. The van der Waals surface area contributed by atoms with Crippen molar-refractivity contribution in [3.8, 4) is 11.5 Å². The summed E-state index contributed by atoms with van der Waals surface area (Å²) in [4.78, 5) is 2.52. The Morgan fingerprint density at radius 3 is 2.74 bits per heavy atom. The van der Waals surface area contributed by atoms with E-state index in [0.29, 0.717) is 0 Å². The molecule has 5 nitrogen and oxygen atoms in total. The number of piperidine rings is 1. The molecule has 1 unspecified atom stereocenters. The summed E-state index contributed by atoms with van der Waals surface area (Å²) >= 11 is 0. The molecule has 1 aromatic rings. The smallest absolute Gasteiger partial charge is 0.161 e. The summed E-state index contributed by atoms with van der Waals surface area (Å²) in [5.41, 5.74) is 1.32. The molecule has 2 N–H and O–H groups in total. The number of benzene rings is 1. The van der Waals surface area contributed by atoms with Gasteiger partial charge in [0.25, 0.3) is 0 Å². The monoisotopic (exact) mass is 319 g/mol. The molecular formula is C18H29N3O2. The second-order valence-electron chi connectivity index (χ2n) is 6.41. The van der Waals surface area contributed by atoms with E-state index in [0.717, 1.165) is 70.2 Å². The van der Waals surface area contributed by atoms with Gasteiger partial charge in [0, 0.05) is 39.3 Å². The van der Waals surface area contributed by atoms with Gasteiger partial charge < -0.3 is 25.0 Å². The Morgan fingerprint density at radius 1 is 1.13 bits per heavy atom. The molecule has 0 bridgehead atoms. The third-order valence-electron chi connectivity index (χ3n) is 4.70. The van der Waals surface area contributed by atoms with Crippen molar-refractivity contribution in [1.82, 2.24) is 15.5 Å². The van der Waals surface area contributed by atoms with Crippen LogP contribution in [0.15, 0.2) is 18.2 Å². The minimum Gasteiger partial charge on any atom is -0.493 e. The van der Waals surface area contributed by atoms with E-state index in [1.807, 2.05) is 6.07 Å². The van der Waals surface area contributed by atoms with E-state index >= 15 is 0 Å². The minimum atomic E-state index is 0.251. The fourth-order valence-electron chi connectivity index (χ4n) is 3.29. The van der Waals surface area contributed by atoms with E-state index in [2.05, 4.69) is 27.7 Å². The summed E-state index contributed by atoms with van der Waals surface area (Å²) < 4.78 is 11.7. The maximum absolute atomic E-state index is 6.20. The normalized spacial score (nSPS) is 22.7. The number of hydrogen-bond donors (Lipinski definition) is 2. The van der Waals surface area contributed by atoms with Crippen molar-refractivity contribution in [2.24, 2.45) is 0 Å². The number of ether oxygens (including phenoxy) is 2. The first-order valence-corrected chi connectivity index (χ1v) is 8.82. The van der Waals surface area contributed by atoms with Gasteiger partial charge in [-0.25, -0.2) is 0 Å². The highest BCUT2D eigenvalue weighted by molar-refractivity contribution is 5.43. The summed E-state index contributed by atoms with van der Waals surface area (Å²) in [6.07, 6.45) is 3.60. The van der Waals surface area contributed by atoms with Crippen LogP contribution in [-0.4, -0.2) is 63.9 Å². The van der Waals surface area contributed by atoms with Crippen LogP contribution in [0.3, 0.4) is 0 Å². The molecule has 23 heavy (non-hydrogen) atoms. The average Bonchev–Trinajstić information content (AvgIpc) is 2.62. The number of methoxy groups -OCH3 is 1. The molecule has 2 heterocycles. The third-order valence-corrected chi connectivity index (χ3v) is 4.70. The van der Waals surface area contributed by atoms with Crippen LogP contribution in [0.4, 0.5) is 0 Å². The predicted octanol–water partition coefficient (Wildman–Crippen LogP) is 1.27. The minimum absolute atomic E-state index is 0.251. The maximum Gasteiger partial charge on any atom is 0.161 e. The van der Waals surface area contributed by atoms with Gasteiger partial charge in [0.1, 0.15) is 6.10 Å². The molecule has 0 saturated carbocycles. The fourth-order valence-corrected chi connectivity index (χ4v) is 3.29. The number of nitrogens with one attached hydrogen (secondary N) is 2. The van der Waals surface area contributed by atoms with E-state index in [9.17, 15) is 0 Å². The first-order chi connectivity index (χ1) is 11.3. The molecule has 2 aliphatic rings. The summed E-state index contributed by atoms with van der Waals surface area (Å²) in [5.74, 6) is 1.72. The summed E-state index contributed by atoms with van der Waals surface area (Å²) in [6, 6.07) is 6.36. The Hall–Kier alpha value is -1.30. The van der Waals surface area contributed by atoms with Crippen molar-refractivity contribution in [3.05, 3.63) is 23.8 Å². The number of hydrogen-bond acceptors (Lipinski definition) is 5. The molecule has 128 valence electrons. The first kappa shape index (κ1) is 16.6. The van der Waals surface area contributed by atoms with Crippen LogP contribution < -0.4 is 20.1 Å². The number of piperazine rings is 1. The van der Waals surface area contributed by atoms with Gasteiger partial charge in [0.2, 0.25) is 0 Å². The van der Waals surface area contributed by atoms with Crippen LogP contribution in [0.1, 0.15) is 18.4 Å². The summed E-state index contributed by atoms with van der Waals surface area (Å²) in [7, 11) is 1.71. The lowest BCUT2D eigenvalue weighted by Gasteiger charge is -2.27. The van der Waals surface area contributed by atoms with Crippen molar-refractivity contribution in [3.63, 3.8) is 0 Å². The van der Waals surface area contributed by atoms with Gasteiger partial charge in [-0.05, 0) is 43.5 Å². The summed E-state index contributed by atoms with van der Waals surface area (Å²) in [6.45, 7) is 7.63. The topological polar surface area (TPSA) is 45.8 Å². The Kier molecular flexibility index (Phi) is 6.13. The first-order valence-electron chi connectivity index (χ1n) is 8.82. The second-order valence-corrected chi connectivity index (χ2v) is 6.41. The van der Waals surface area contributed by atoms with Crippen LogP contribution in [0.5, 0.6) is 11.5 Å². The third kappa shape index (κ3) is 4.83. The van der Waals surface area contributed by atoms with Gasteiger partial charge in [0.05, 0.1) is 7.11 Å². The van der Waals surface area contributed by atoms with E-state index in [1.54, 1.807) is 7.11 Å². The molecule has 5 heteroatoms. The second kappa shape index (κ2) is 8.52. The zero-order valence-corrected chi connectivity index (χ0v) is 14.1. The van der Waals surface area contributed by atoms with Gasteiger partial charge in [-0.1, -0.05) is 6.07 Å². The molecule has 3 rings (SSSR count). The molecule has 0 radical (unpaired) electrons. The lowest BCUT2D eigenvalue weighted by atomic mass is 10.1. The predicted molar refractivity (Wildman–Crippen MR) is 92.5 cm³/mol. The zero-order chi connectivity index (χ0) is 15.9. The highest BCUT2D eigenvalue weighted by atomic mass is 16.5. The highest BCUT2D eigenvalue weighted by Gasteiger charge is 2.17. The Balaban J connectivity index is 1.60. The van der Waals surface area contributed by atoms with Gasteiger partial charge >= 0.3 is 0 Å². The average molecular weight is 319 g/mol. The SMILES string of the molecule is COc1ccc(CCN2CCNCC2)cc1OC1CCCNC1. The van der Waals surface area contributed by atoms with Crippen molar-refractivity contribution in [2.45, 2.75) is 25.4 Å². The Morgan fingerprint density at radius 2 is 2.00 bits per heavy atom. The van der Waals surface area contributed by atoms with Crippen molar-refractivity contribution in [2.75, 3.05) is 52.9 Å². The molecule has 1 aromatic carbocycles. The van der Waals surface area contributed by atoms with Gasteiger partial charge in [-0.15, -0.1) is 0 Å². The van der Waals surface area contributed by atoms with E-state index in [-0.39, 0.29) is 6.10 Å². The van der Waals surface area contributed by atoms with Crippen molar-refractivity contribution in [1.29, 1.82) is 0 Å². The molecule has 0 aromatic heterocycles. The van der Waals surface area contributed by atoms with Crippen molar-refractivity contribution < 1.29 is 9.47 Å². The largest absolute Gasteiger partial charge is 0.493 e. The Labute approximate surface area is 139 Å². The van der Waals surface area contributed by atoms with Crippen LogP contribution in [0, 0.1) is 0 Å². The molecule has 2 saturated heterocycles. The maximum atomic E-state index is 6.20. The highest BCUT2D eigenvalue weighted by Crippen LogP contribution is 2.30. The van der Waals surface area contributed by atoms with Crippen LogP contribution in [0.2, 0.25) is 0 Å². The molecule has 2 aliphatic heterocycles. The van der Waals surface area contributed by atoms with E-state index < -0.39 is 0 Å². The van der Waals surface area contributed by atoms with E-state index in [4.69, 9.17) is 9.47 Å². The Bertz CT molecular complexity index is 483. The molecular weight excluding hydrogens is 290 g/mol. The standard InChI is InChI=1S/C18H29N3O2/c1-22-17-5-4-15(6-10-21-11-8-19-9-12-21)13-18(17)23-16-3-2-7-20-14-16/h4-5,13,16,19-20H,2-3,6-12,14H2,1H3. The lowest BCUT2D eigenvalue weighted by molar-refractivity contribution is 0.161. The van der Waals surface area contributed by atoms with Crippen molar-refractivity contribution >= 4 is 0 Å². The summed E-state index contributed by atoms with van der Waals surface area (Å²) in [5, 5.41) is 6.80. The molecule has 2 fully saturated rings.